The molecule has 72 valence electrons. The SMILES string of the molecule is CNC(CO)CCCN=C(N)N. The van der Waals surface area contributed by atoms with Crippen molar-refractivity contribution in [3.05, 3.63) is 0 Å². The third-order valence-electron chi connectivity index (χ3n) is 1.63. The van der Waals surface area contributed by atoms with Crippen LogP contribution in [-0.2, 0) is 0 Å². The molecule has 0 rings (SSSR count). The van der Waals surface area contributed by atoms with Crippen molar-refractivity contribution in [3.63, 3.8) is 0 Å². The Hall–Kier alpha value is -0.810. The molecular formula is C7H18N4O. The van der Waals surface area contributed by atoms with Crippen molar-refractivity contribution in [2.45, 2.75) is 18.9 Å². The molecule has 1 unspecified atom stereocenters. The van der Waals surface area contributed by atoms with Crippen LogP contribution in [0, 0.1) is 0 Å². The molecule has 0 heterocycles. The van der Waals surface area contributed by atoms with E-state index in [0.29, 0.717) is 6.54 Å². The van der Waals surface area contributed by atoms with Gasteiger partial charge in [-0.2, -0.15) is 0 Å². The Labute approximate surface area is 72.8 Å². The molecular weight excluding hydrogens is 156 g/mol. The van der Waals surface area contributed by atoms with Crippen LogP contribution >= 0.6 is 0 Å². The summed E-state index contributed by atoms with van der Waals surface area (Å²) in [6.45, 7) is 0.777. The molecule has 0 spiro atoms. The highest BCUT2D eigenvalue weighted by Crippen LogP contribution is 1.95. The molecule has 0 fully saturated rings. The fraction of sp³-hybridized carbons (Fsp3) is 0.857. The van der Waals surface area contributed by atoms with Gasteiger partial charge in [-0.1, -0.05) is 0 Å². The molecule has 0 aromatic carbocycles. The molecule has 0 saturated heterocycles. The van der Waals surface area contributed by atoms with Crippen molar-refractivity contribution < 1.29 is 5.11 Å². The van der Waals surface area contributed by atoms with Gasteiger partial charge in [0.25, 0.3) is 0 Å². The van der Waals surface area contributed by atoms with Gasteiger partial charge >= 0.3 is 0 Å². The van der Waals surface area contributed by atoms with E-state index in [2.05, 4.69) is 10.3 Å². The first-order chi connectivity index (χ1) is 5.70. The summed E-state index contributed by atoms with van der Waals surface area (Å²) in [5, 5.41) is 11.8. The second-order valence-corrected chi connectivity index (χ2v) is 2.62. The van der Waals surface area contributed by atoms with E-state index in [-0.39, 0.29) is 18.6 Å². The van der Waals surface area contributed by atoms with E-state index in [4.69, 9.17) is 16.6 Å². The normalized spacial score (nSPS) is 12.5. The van der Waals surface area contributed by atoms with E-state index >= 15 is 0 Å². The Morgan fingerprint density at radius 2 is 2.25 bits per heavy atom. The zero-order valence-electron chi connectivity index (χ0n) is 7.45. The lowest BCUT2D eigenvalue weighted by Gasteiger charge is -2.11. The van der Waals surface area contributed by atoms with Crippen LogP contribution in [-0.4, -0.2) is 37.3 Å². The number of guanidine groups is 1. The Morgan fingerprint density at radius 1 is 1.58 bits per heavy atom. The van der Waals surface area contributed by atoms with E-state index in [1.807, 2.05) is 7.05 Å². The average molecular weight is 174 g/mol. The van der Waals surface area contributed by atoms with Crippen LogP contribution < -0.4 is 16.8 Å². The summed E-state index contributed by atoms with van der Waals surface area (Å²) >= 11 is 0. The number of aliphatic imine (C=N–C) groups is 1. The number of hydrogen-bond donors (Lipinski definition) is 4. The zero-order chi connectivity index (χ0) is 9.40. The first kappa shape index (κ1) is 11.2. The first-order valence-electron chi connectivity index (χ1n) is 4.04. The van der Waals surface area contributed by atoms with E-state index < -0.39 is 0 Å². The lowest BCUT2D eigenvalue weighted by Crippen LogP contribution is -2.29. The van der Waals surface area contributed by atoms with Crippen molar-refractivity contribution in [1.82, 2.24) is 5.32 Å². The van der Waals surface area contributed by atoms with Crippen LogP contribution in [0.5, 0.6) is 0 Å². The molecule has 0 aromatic heterocycles. The average Bonchev–Trinajstić information content (AvgIpc) is 2.04. The summed E-state index contributed by atoms with van der Waals surface area (Å²) in [5.74, 6) is 0.125. The largest absolute Gasteiger partial charge is 0.395 e. The maximum atomic E-state index is 8.79. The van der Waals surface area contributed by atoms with Gasteiger partial charge in [0.15, 0.2) is 5.96 Å². The fourth-order valence-corrected chi connectivity index (χ4v) is 0.873. The molecule has 5 nitrogen and oxygen atoms in total. The standard InChI is InChI=1S/C7H18N4O/c1-10-6(5-12)3-2-4-11-7(8)9/h6,10,12H,2-5H2,1H3,(H4,8,9,11). The van der Waals surface area contributed by atoms with Gasteiger partial charge in [0.1, 0.15) is 0 Å². The van der Waals surface area contributed by atoms with Gasteiger partial charge in [-0.3, -0.25) is 4.99 Å². The second kappa shape index (κ2) is 6.87. The molecule has 5 heteroatoms. The summed E-state index contributed by atoms with van der Waals surface area (Å²) in [7, 11) is 1.82. The Kier molecular flexibility index (Phi) is 6.41. The van der Waals surface area contributed by atoms with Gasteiger partial charge in [-0.15, -0.1) is 0 Å². The number of likely N-dealkylation sites (N-methyl/N-ethyl adjacent to an activating group) is 1. The summed E-state index contributed by atoms with van der Waals surface area (Å²) in [6, 6.07) is 0.152. The fourth-order valence-electron chi connectivity index (χ4n) is 0.873. The van der Waals surface area contributed by atoms with Crippen molar-refractivity contribution in [2.24, 2.45) is 16.5 Å². The highest BCUT2D eigenvalue weighted by molar-refractivity contribution is 5.75. The van der Waals surface area contributed by atoms with Crippen LogP contribution in [0.15, 0.2) is 4.99 Å². The Balaban J connectivity index is 3.35. The lowest BCUT2D eigenvalue weighted by atomic mass is 10.2. The third kappa shape index (κ3) is 5.94. The second-order valence-electron chi connectivity index (χ2n) is 2.62. The van der Waals surface area contributed by atoms with Crippen LogP contribution in [0.1, 0.15) is 12.8 Å². The number of nitrogens with two attached hydrogens (primary N) is 2. The van der Waals surface area contributed by atoms with Gasteiger partial charge in [0, 0.05) is 12.6 Å². The topological polar surface area (TPSA) is 96.7 Å². The molecule has 0 radical (unpaired) electrons. The van der Waals surface area contributed by atoms with E-state index in [0.717, 1.165) is 12.8 Å². The molecule has 0 aliphatic heterocycles. The highest BCUT2D eigenvalue weighted by Gasteiger charge is 2.01. The molecule has 0 bridgehead atoms. The third-order valence-corrected chi connectivity index (χ3v) is 1.63. The summed E-state index contributed by atoms with van der Waals surface area (Å²) < 4.78 is 0. The number of nitrogens with one attached hydrogen (secondary N) is 1. The van der Waals surface area contributed by atoms with E-state index in [1.165, 1.54) is 0 Å². The molecule has 0 amide bonds. The van der Waals surface area contributed by atoms with E-state index in [1.54, 1.807) is 0 Å². The first-order valence-corrected chi connectivity index (χ1v) is 4.04. The number of hydrogen-bond acceptors (Lipinski definition) is 3. The molecule has 12 heavy (non-hydrogen) atoms. The molecule has 0 aromatic rings. The van der Waals surface area contributed by atoms with Crippen molar-refractivity contribution in [2.75, 3.05) is 20.2 Å². The van der Waals surface area contributed by atoms with Gasteiger partial charge in [-0.05, 0) is 19.9 Å². The van der Waals surface area contributed by atoms with Crippen LogP contribution in [0.3, 0.4) is 0 Å². The number of rotatable bonds is 6. The smallest absolute Gasteiger partial charge is 0.185 e. The minimum Gasteiger partial charge on any atom is -0.395 e. The van der Waals surface area contributed by atoms with Gasteiger partial charge in [0.05, 0.1) is 6.61 Å². The molecule has 1 atom stereocenters. The maximum Gasteiger partial charge on any atom is 0.185 e. The molecule has 6 N–H and O–H groups in total. The lowest BCUT2D eigenvalue weighted by molar-refractivity contribution is 0.241. The Bertz CT molecular complexity index is 129. The summed E-state index contributed by atoms with van der Waals surface area (Å²) in [6.07, 6.45) is 1.76. The van der Waals surface area contributed by atoms with Crippen LogP contribution in [0.4, 0.5) is 0 Å². The maximum absolute atomic E-state index is 8.79. The minimum absolute atomic E-state index is 0.125. The van der Waals surface area contributed by atoms with E-state index in [9.17, 15) is 0 Å². The highest BCUT2D eigenvalue weighted by atomic mass is 16.3. The summed E-state index contributed by atoms with van der Waals surface area (Å²) in [4.78, 5) is 3.83. The van der Waals surface area contributed by atoms with Crippen molar-refractivity contribution >= 4 is 5.96 Å². The Morgan fingerprint density at radius 3 is 2.67 bits per heavy atom. The van der Waals surface area contributed by atoms with Crippen molar-refractivity contribution in [1.29, 1.82) is 0 Å². The van der Waals surface area contributed by atoms with Gasteiger partial charge in [0.2, 0.25) is 0 Å². The molecule has 0 aliphatic carbocycles. The molecule has 0 saturated carbocycles. The number of aliphatic hydroxyl groups excluding tert-OH is 1. The zero-order valence-corrected chi connectivity index (χ0v) is 7.45. The van der Waals surface area contributed by atoms with Crippen LogP contribution in [0.25, 0.3) is 0 Å². The van der Waals surface area contributed by atoms with Crippen molar-refractivity contribution in [3.8, 4) is 0 Å². The van der Waals surface area contributed by atoms with Gasteiger partial charge < -0.3 is 21.9 Å². The monoisotopic (exact) mass is 174 g/mol. The quantitative estimate of drug-likeness (QED) is 0.227. The predicted molar refractivity (Wildman–Crippen MR) is 49.8 cm³/mol. The summed E-state index contributed by atoms with van der Waals surface area (Å²) in [5.41, 5.74) is 10.3. The van der Waals surface area contributed by atoms with Crippen LogP contribution in [0.2, 0.25) is 0 Å². The predicted octanol–water partition coefficient (Wildman–Crippen LogP) is -1.38. The number of aliphatic hydroxyl groups is 1. The molecule has 0 aliphatic rings. The minimum atomic E-state index is 0.125. The number of nitrogens with zero attached hydrogens (tertiary/aromatic N) is 1. The van der Waals surface area contributed by atoms with Gasteiger partial charge in [-0.25, -0.2) is 0 Å².